The van der Waals surface area contributed by atoms with Gasteiger partial charge in [0.1, 0.15) is 6.10 Å². The van der Waals surface area contributed by atoms with Crippen LogP contribution in [0.4, 0.5) is 4.39 Å². The molecule has 1 aliphatic rings. The van der Waals surface area contributed by atoms with Crippen LogP contribution in [0.1, 0.15) is 39.5 Å². The number of benzene rings is 1. The van der Waals surface area contributed by atoms with Crippen LogP contribution >= 0.6 is 0 Å². The first-order valence-electron chi connectivity index (χ1n) is 9.29. The maximum atomic E-state index is 13.6. The van der Waals surface area contributed by atoms with Crippen LogP contribution in [0.3, 0.4) is 0 Å². The maximum absolute atomic E-state index is 13.6. The van der Waals surface area contributed by atoms with Crippen molar-refractivity contribution in [2.24, 2.45) is 4.99 Å². The lowest BCUT2D eigenvalue weighted by atomic mass is 9.95. The van der Waals surface area contributed by atoms with Crippen LogP contribution in [0.5, 0.6) is 5.75 Å². The summed E-state index contributed by atoms with van der Waals surface area (Å²) in [5.41, 5.74) is 0. The molecular formula is C19H30FN3O2S. The highest BCUT2D eigenvalue weighted by Crippen LogP contribution is 2.23. The highest BCUT2D eigenvalue weighted by atomic mass is 32.2. The first-order chi connectivity index (χ1) is 12.5. The molecular weight excluding hydrogens is 353 g/mol. The fourth-order valence-electron chi connectivity index (χ4n) is 3.18. The molecule has 1 fully saturated rings. The van der Waals surface area contributed by atoms with Crippen LogP contribution in [0.15, 0.2) is 29.3 Å². The summed E-state index contributed by atoms with van der Waals surface area (Å²) in [7, 11) is 0.982. The van der Waals surface area contributed by atoms with Crippen LogP contribution in [-0.2, 0) is 10.8 Å². The minimum absolute atomic E-state index is 0.211. The number of hydrogen-bond donors (Lipinski definition) is 2. The number of hydrogen-bond acceptors (Lipinski definition) is 3. The molecule has 5 nitrogen and oxygen atoms in total. The zero-order valence-electron chi connectivity index (χ0n) is 15.8. The molecule has 0 spiro atoms. The SMILES string of the molecule is CCS(=O)C1CCCC(NC(=NC)NCC(C)Oc2ccccc2F)C1. The third-order valence-electron chi connectivity index (χ3n) is 4.57. The summed E-state index contributed by atoms with van der Waals surface area (Å²) in [5.74, 6) is 1.30. The van der Waals surface area contributed by atoms with Crippen molar-refractivity contribution in [2.75, 3.05) is 19.3 Å². The third-order valence-corrected chi connectivity index (χ3v) is 6.31. The second kappa shape index (κ2) is 10.5. The van der Waals surface area contributed by atoms with E-state index in [1.165, 1.54) is 6.07 Å². The fraction of sp³-hybridized carbons (Fsp3) is 0.632. The lowest BCUT2D eigenvalue weighted by molar-refractivity contribution is 0.213. The van der Waals surface area contributed by atoms with Gasteiger partial charge in [-0.3, -0.25) is 9.20 Å². The summed E-state index contributed by atoms with van der Waals surface area (Å²) in [6.45, 7) is 4.36. The van der Waals surface area contributed by atoms with Crippen molar-refractivity contribution >= 4 is 16.8 Å². The summed E-state index contributed by atoms with van der Waals surface area (Å²) < 4.78 is 31.4. The van der Waals surface area contributed by atoms with Crippen molar-refractivity contribution in [2.45, 2.75) is 56.9 Å². The first-order valence-corrected chi connectivity index (χ1v) is 10.7. The molecule has 0 aliphatic heterocycles. The number of rotatable bonds is 7. The number of guanidine groups is 1. The lowest BCUT2D eigenvalue weighted by Gasteiger charge is -2.30. The standard InChI is InChI=1S/C19H30FN3O2S/c1-4-26(24)16-9-7-8-15(12-16)23-19(21-3)22-13-14(2)25-18-11-6-5-10-17(18)20/h5-6,10-11,14-16H,4,7-9,12-13H2,1-3H3,(H2,21,22,23). The van der Waals surface area contributed by atoms with Crippen LogP contribution < -0.4 is 15.4 Å². The van der Waals surface area contributed by atoms with Crippen molar-refractivity contribution in [3.8, 4) is 5.75 Å². The van der Waals surface area contributed by atoms with Crippen LogP contribution in [0.25, 0.3) is 0 Å². The van der Waals surface area contributed by atoms with E-state index in [-0.39, 0.29) is 29.0 Å². The Kier molecular flexibility index (Phi) is 8.35. The lowest BCUT2D eigenvalue weighted by Crippen LogP contribution is -2.48. The average Bonchev–Trinajstić information content (AvgIpc) is 2.66. The van der Waals surface area contributed by atoms with E-state index >= 15 is 0 Å². The molecule has 1 saturated carbocycles. The third kappa shape index (κ3) is 6.27. The van der Waals surface area contributed by atoms with Gasteiger partial charge in [-0.1, -0.05) is 25.5 Å². The molecule has 2 N–H and O–H groups in total. The Bertz CT molecular complexity index is 627. The van der Waals surface area contributed by atoms with Gasteiger partial charge in [-0.15, -0.1) is 0 Å². The zero-order chi connectivity index (χ0) is 18.9. The number of ether oxygens (including phenoxy) is 1. The van der Waals surface area contributed by atoms with E-state index in [9.17, 15) is 8.60 Å². The molecule has 0 saturated heterocycles. The van der Waals surface area contributed by atoms with Crippen molar-refractivity contribution in [1.82, 2.24) is 10.6 Å². The quantitative estimate of drug-likeness (QED) is 0.561. The summed E-state index contributed by atoms with van der Waals surface area (Å²) >= 11 is 0. The molecule has 2 rings (SSSR count). The topological polar surface area (TPSA) is 62.7 Å². The van der Waals surface area contributed by atoms with E-state index in [0.717, 1.165) is 31.4 Å². The molecule has 7 heteroatoms. The predicted molar refractivity (Wildman–Crippen MR) is 106 cm³/mol. The number of halogens is 1. The van der Waals surface area contributed by atoms with Crippen LogP contribution in [0.2, 0.25) is 0 Å². The second-order valence-corrected chi connectivity index (χ2v) is 8.62. The molecule has 1 aromatic carbocycles. The molecule has 0 aromatic heterocycles. The van der Waals surface area contributed by atoms with Crippen molar-refractivity contribution in [3.63, 3.8) is 0 Å². The van der Waals surface area contributed by atoms with Crippen molar-refractivity contribution < 1.29 is 13.3 Å². The highest BCUT2D eigenvalue weighted by molar-refractivity contribution is 7.85. The Morgan fingerprint density at radius 3 is 2.88 bits per heavy atom. The molecule has 0 bridgehead atoms. The monoisotopic (exact) mass is 383 g/mol. The molecule has 146 valence electrons. The maximum Gasteiger partial charge on any atom is 0.191 e. The minimum atomic E-state index is -0.743. The number of aliphatic imine (C=N–C) groups is 1. The van der Waals surface area contributed by atoms with Crippen molar-refractivity contribution in [1.29, 1.82) is 0 Å². The number of para-hydroxylation sites is 1. The second-order valence-electron chi connectivity index (χ2n) is 6.61. The van der Waals surface area contributed by atoms with E-state index in [1.54, 1.807) is 25.2 Å². The molecule has 0 amide bonds. The van der Waals surface area contributed by atoms with Gasteiger partial charge in [-0.2, -0.15) is 0 Å². The van der Waals surface area contributed by atoms with Gasteiger partial charge in [-0.05, 0) is 38.3 Å². The normalized spacial score (nSPS) is 23.2. The average molecular weight is 384 g/mol. The molecule has 0 heterocycles. The van der Waals surface area contributed by atoms with E-state index in [1.807, 2.05) is 13.8 Å². The number of nitrogens with one attached hydrogen (secondary N) is 2. The summed E-state index contributed by atoms with van der Waals surface area (Å²) in [4.78, 5) is 4.26. The van der Waals surface area contributed by atoms with Gasteiger partial charge in [0.15, 0.2) is 17.5 Å². The van der Waals surface area contributed by atoms with E-state index in [4.69, 9.17) is 4.74 Å². The van der Waals surface area contributed by atoms with Crippen LogP contribution in [0, 0.1) is 5.82 Å². The Hall–Kier alpha value is -1.63. The van der Waals surface area contributed by atoms with Gasteiger partial charge in [0, 0.05) is 34.9 Å². The van der Waals surface area contributed by atoms with E-state index in [0.29, 0.717) is 12.5 Å². The molecule has 26 heavy (non-hydrogen) atoms. The Labute approximate surface area is 158 Å². The zero-order valence-corrected chi connectivity index (χ0v) is 16.7. The number of nitrogens with zero attached hydrogens (tertiary/aromatic N) is 1. The Morgan fingerprint density at radius 1 is 1.42 bits per heavy atom. The van der Waals surface area contributed by atoms with Gasteiger partial charge >= 0.3 is 0 Å². The van der Waals surface area contributed by atoms with Gasteiger partial charge in [-0.25, -0.2) is 4.39 Å². The summed E-state index contributed by atoms with van der Waals surface area (Å²) in [5, 5.41) is 6.92. The summed E-state index contributed by atoms with van der Waals surface area (Å²) in [6.07, 6.45) is 3.87. The van der Waals surface area contributed by atoms with E-state index < -0.39 is 10.8 Å². The van der Waals surface area contributed by atoms with Gasteiger partial charge in [0.25, 0.3) is 0 Å². The largest absolute Gasteiger partial charge is 0.486 e. The Morgan fingerprint density at radius 2 is 2.19 bits per heavy atom. The molecule has 0 radical (unpaired) electrons. The smallest absolute Gasteiger partial charge is 0.191 e. The first kappa shape index (κ1) is 20.7. The molecule has 4 atom stereocenters. The molecule has 4 unspecified atom stereocenters. The minimum Gasteiger partial charge on any atom is -0.486 e. The van der Waals surface area contributed by atoms with E-state index in [2.05, 4.69) is 15.6 Å². The highest BCUT2D eigenvalue weighted by Gasteiger charge is 2.26. The van der Waals surface area contributed by atoms with Gasteiger partial charge < -0.3 is 15.4 Å². The fourth-order valence-corrected chi connectivity index (χ4v) is 4.53. The van der Waals surface area contributed by atoms with Crippen LogP contribution in [-0.4, -0.2) is 46.9 Å². The van der Waals surface area contributed by atoms with Gasteiger partial charge in [0.2, 0.25) is 0 Å². The molecule has 1 aliphatic carbocycles. The predicted octanol–water partition coefficient (Wildman–Crippen LogP) is 2.84. The van der Waals surface area contributed by atoms with Gasteiger partial charge in [0.05, 0.1) is 6.54 Å². The molecule has 1 aromatic rings. The Balaban J connectivity index is 1.80. The summed E-state index contributed by atoms with van der Waals surface area (Å²) in [6, 6.07) is 6.67. The van der Waals surface area contributed by atoms with Crippen molar-refractivity contribution in [3.05, 3.63) is 30.1 Å².